The van der Waals surface area contributed by atoms with Gasteiger partial charge in [0.1, 0.15) is 0 Å². The molecule has 0 N–H and O–H groups in total. The molecule has 2 aromatic heterocycles. The monoisotopic (exact) mass is 349 g/mol. The van der Waals surface area contributed by atoms with E-state index in [9.17, 15) is 4.79 Å². The molecule has 1 aliphatic heterocycles. The highest BCUT2D eigenvalue weighted by Gasteiger charge is 2.25. The molecule has 1 fully saturated rings. The number of carbonyl (C=O) groups is 1. The summed E-state index contributed by atoms with van der Waals surface area (Å²) in [4.78, 5) is 23.2. The molecule has 0 spiro atoms. The molecule has 0 radical (unpaired) electrons. The zero-order chi connectivity index (χ0) is 17.9. The maximum Gasteiger partial charge on any atom is 0.291 e. The number of pyridine rings is 1. The zero-order valence-electron chi connectivity index (χ0n) is 15.0. The van der Waals surface area contributed by atoms with Gasteiger partial charge in [0.25, 0.3) is 5.91 Å². The first-order valence-electron chi connectivity index (χ1n) is 9.24. The third-order valence-electron chi connectivity index (χ3n) is 5.30. The van der Waals surface area contributed by atoms with Crippen LogP contribution in [-0.2, 0) is 6.42 Å². The first kappa shape index (κ1) is 16.8. The van der Waals surface area contributed by atoms with Crippen LogP contribution >= 0.6 is 0 Å². The molecule has 1 aromatic carbocycles. The maximum atomic E-state index is 12.7. The summed E-state index contributed by atoms with van der Waals surface area (Å²) < 4.78 is 5.28. The Kier molecular flexibility index (Phi) is 4.69. The van der Waals surface area contributed by atoms with Gasteiger partial charge in [-0.1, -0.05) is 24.3 Å². The number of oxazole rings is 1. The Labute approximate surface area is 153 Å². The third-order valence-corrected chi connectivity index (χ3v) is 5.30. The number of carbonyl (C=O) groups excluding carboxylic acids is 1. The SMILES string of the molecule is Cc1ncoc1C(=O)N1CCC[C@@H](Cc2cccc3cccnc23)CC1. The largest absolute Gasteiger partial charge is 0.438 e. The molecular weight excluding hydrogens is 326 g/mol. The molecule has 1 atom stereocenters. The van der Waals surface area contributed by atoms with Crippen LogP contribution in [0.2, 0.25) is 0 Å². The van der Waals surface area contributed by atoms with Gasteiger partial charge in [0.2, 0.25) is 5.76 Å². The Balaban J connectivity index is 1.45. The van der Waals surface area contributed by atoms with Gasteiger partial charge in [-0.05, 0) is 50.2 Å². The van der Waals surface area contributed by atoms with E-state index in [4.69, 9.17) is 4.42 Å². The number of aryl methyl sites for hydroxylation is 1. The van der Waals surface area contributed by atoms with Crippen molar-refractivity contribution < 1.29 is 9.21 Å². The summed E-state index contributed by atoms with van der Waals surface area (Å²) in [5, 5.41) is 1.19. The molecule has 5 nitrogen and oxygen atoms in total. The second kappa shape index (κ2) is 7.28. The lowest BCUT2D eigenvalue weighted by Gasteiger charge is -2.19. The number of aromatic nitrogens is 2. The summed E-state index contributed by atoms with van der Waals surface area (Å²) in [5.74, 6) is 0.908. The van der Waals surface area contributed by atoms with Crippen LogP contribution in [0.3, 0.4) is 0 Å². The van der Waals surface area contributed by atoms with Crippen LogP contribution < -0.4 is 0 Å². The fourth-order valence-electron chi connectivity index (χ4n) is 3.87. The molecule has 3 heterocycles. The second-order valence-corrected chi connectivity index (χ2v) is 7.05. The van der Waals surface area contributed by atoms with Crippen LogP contribution in [0.5, 0.6) is 0 Å². The Bertz CT molecular complexity index is 913. The number of hydrogen-bond donors (Lipinski definition) is 0. The van der Waals surface area contributed by atoms with Gasteiger partial charge in [-0.3, -0.25) is 9.78 Å². The molecule has 3 aromatic rings. The van der Waals surface area contributed by atoms with Crippen LogP contribution in [0.4, 0.5) is 0 Å². The molecule has 4 rings (SSSR count). The zero-order valence-corrected chi connectivity index (χ0v) is 15.0. The summed E-state index contributed by atoms with van der Waals surface area (Å²) >= 11 is 0. The average Bonchev–Trinajstić information content (AvgIpc) is 2.95. The second-order valence-electron chi connectivity index (χ2n) is 7.05. The van der Waals surface area contributed by atoms with Crippen molar-refractivity contribution in [2.24, 2.45) is 5.92 Å². The predicted octanol–water partition coefficient (Wildman–Crippen LogP) is 4.02. The molecule has 0 unspecified atom stereocenters. The van der Waals surface area contributed by atoms with E-state index in [0.29, 0.717) is 17.4 Å². The van der Waals surface area contributed by atoms with Gasteiger partial charge in [-0.15, -0.1) is 0 Å². The number of fused-ring (bicyclic) bond motifs is 1. The fourth-order valence-corrected chi connectivity index (χ4v) is 3.87. The minimum Gasteiger partial charge on any atom is -0.438 e. The highest BCUT2D eigenvalue weighted by atomic mass is 16.3. The molecule has 1 saturated heterocycles. The van der Waals surface area contributed by atoms with Crippen molar-refractivity contribution >= 4 is 16.8 Å². The molecule has 0 bridgehead atoms. The third kappa shape index (κ3) is 3.34. The van der Waals surface area contributed by atoms with Gasteiger partial charge >= 0.3 is 0 Å². The van der Waals surface area contributed by atoms with Crippen molar-refractivity contribution in [3.63, 3.8) is 0 Å². The quantitative estimate of drug-likeness (QED) is 0.717. The smallest absolute Gasteiger partial charge is 0.291 e. The van der Waals surface area contributed by atoms with E-state index in [2.05, 4.69) is 34.2 Å². The highest BCUT2D eigenvalue weighted by molar-refractivity contribution is 5.92. The summed E-state index contributed by atoms with van der Waals surface area (Å²) in [6.07, 6.45) is 7.36. The summed E-state index contributed by atoms with van der Waals surface area (Å²) in [5.41, 5.74) is 3.07. The number of likely N-dealkylation sites (tertiary alicyclic amines) is 1. The summed E-state index contributed by atoms with van der Waals surface area (Å²) in [6.45, 7) is 3.36. The lowest BCUT2D eigenvalue weighted by atomic mass is 9.91. The number of benzene rings is 1. The van der Waals surface area contributed by atoms with Crippen molar-refractivity contribution in [1.82, 2.24) is 14.9 Å². The first-order valence-corrected chi connectivity index (χ1v) is 9.24. The van der Waals surface area contributed by atoms with E-state index in [1.54, 1.807) is 0 Å². The van der Waals surface area contributed by atoms with Gasteiger partial charge in [0, 0.05) is 24.7 Å². The van der Waals surface area contributed by atoms with Gasteiger partial charge in [-0.25, -0.2) is 4.98 Å². The Morgan fingerprint density at radius 1 is 1.19 bits per heavy atom. The molecule has 0 saturated carbocycles. The minimum absolute atomic E-state index is 0.0347. The van der Waals surface area contributed by atoms with Crippen LogP contribution in [0.15, 0.2) is 47.3 Å². The first-order chi connectivity index (χ1) is 12.7. The highest BCUT2D eigenvalue weighted by Crippen LogP contribution is 2.26. The van der Waals surface area contributed by atoms with Crippen molar-refractivity contribution in [3.8, 4) is 0 Å². The van der Waals surface area contributed by atoms with E-state index in [-0.39, 0.29) is 5.91 Å². The molecule has 0 aliphatic carbocycles. The van der Waals surface area contributed by atoms with Crippen molar-refractivity contribution in [2.45, 2.75) is 32.6 Å². The van der Waals surface area contributed by atoms with Crippen LogP contribution in [-0.4, -0.2) is 33.9 Å². The molecular formula is C21H23N3O2. The normalized spacial score (nSPS) is 18.0. The van der Waals surface area contributed by atoms with E-state index in [0.717, 1.165) is 44.3 Å². The van der Waals surface area contributed by atoms with Gasteiger partial charge in [0.05, 0.1) is 11.2 Å². The molecule has 1 aliphatic rings. The molecule has 134 valence electrons. The summed E-state index contributed by atoms with van der Waals surface area (Å²) in [6, 6.07) is 10.5. The standard InChI is InChI=1S/C21H23N3O2/c1-15-20(26-14-23-15)21(25)24-11-4-5-16(9-12-24)13-18-7-2-6-17-8-3-10-22-19(17)18/h2-3,6-8,10,14,16H,4-5,9,11-13H2,1H3/t16-/m1/s1. The Morgan fingerprint density at radius 3 is 2.92 bits per heavy atom. The summed E-state index contributed by atoms with van der Waals surface area (Å²) in [7, 11) is 0. The Hall–Kier alpha value is -2.69. The van der Waals surface area contributed by atoms with Crippen molar-refractivity contribution in [1.29, 1.82) is 0 Å². The van der Waals surface area contributed by atoms with E-state index >= 15 is 0 Å². The maximum absolute atomic E-state index is 12.7. The van der Waals surface area contributed by atoms with Crippen molar-refractivity contribution in [3.05, 3.63) is 59.9 Å². The van der Waals surface area contributed by atoms with E-state index < -0.39 is 0 Å². The lowest BCUT2D eigenvalue weighted by molar-refractivity contribution is 0.0727. The number of para-hydroxylation sites is 1. The Morgan fingerprint density at radius 2 is 2.08 bits per heavy atom. The number of rotatable bonds is 3. The van der Waals surface area contributed by atoms with Crippen LogP contribution in [0.25, 0.3) is 10.9 Å². The minimum atomic E-state index is -0.0347. The van der Waals surface area contributed by atoms with E-state index in [1.807, 2.05) is 24.1 Å². The van der Waals surface area contributed by atoms with E-state index in [1.165, 1.54) is 17.3 Å². The van der Waals surface area contributed by atoms with Gasteiger partial charge in [0.15, 0.2) is 6.39 Å². The number of amides is 1. The van der Waals surface area contributed by atoms with Gasteiger partial charge < -0.3 is 9.32 Å². The van der Waals surface area contributed by atoms with Crippen LogP contribution in [0, 0.1) is 12.8 Å². The van der Waals surface area contributed by atoms with Gasteiger partial charge in [-0.2, -0.15) is 0 Å². The average molecular weight is 349 g/mol. The number of nitrogens with zero attached hydrogens (tertiary/aromatic N) is 3. The lowest BCUT2D eigenvalue weighted by Crippen LogP contribution is -2.32. The van der Waals surface area contributed by atoms with Crippen molar-refractivity contribution in [2.75, 3.05) is 13.1 Å². The molecule has 26 heavy (non-hydrogen) atoms. The number of hydrogen-bond acceptors (Lipinski definition) is 4. The molecule has 5 heteroatoms. The van der Waals surface area contributed by atoms with Crippen LogP contribution in [0.1, 0.15) is 41.1 Å². The topological polar surface area (TPSA) is 59.2 Å². The molecule has 1 amide bonds. The predicted molar refractivity (Wildman–Crippen MR) is 99.9 cm³/mol. The fraction of sp³-hybridized carbons (Fsp3) is 0.381.